The zero-order valence-electron chi connectivity index (χ0n) is 21.1. The van der Waals surface area contributed by atoms with Gasteiger partial charge in [0.25, 0.3) is 5.91 Å². The average molecular weight is 536 g/mol. The van der Waals surface area contributed by atoms with Crippen molar-refractivity contribution in [3.63, 3.8) is 0 Å². The van der Waals surface area contributed by atoms with E-state index in [1.807, 2.05) is 24.3 Å². The number of ether oxygens (including phenoxy) is 1. The minimum Gasteiger partial charge on any atom is -0.481 e. The highest BCUT2D eigenvalue weighted by atomic mass is 35.5. The summed E-state index contributed by atoms with van der Waals surface area (Å²) >= 11 is 5.94. The summed E-state index contributed by atoms with van der Waals surface area (Å²) in [6.45, 7) is 2.12. The van der Waals surface area contributed by atoms with E-state index in [1.54, 1.807) is 55.5 Å². The van der Waals surface area contributed by atoms with Crippen LogP contribution in [-0.4, -0.2) is 41.9 Å². The van der Waals surface area contributed by atoms with Crippen LogP contribution >= 0.6 is 11.6 Å². The second-order valence-corrected chi connectivity index (χ2v) is 9.19. The number of carbonyl (C=O) groups excluding carboxylic acids is 3. The van der Waals surface area contributed by atoms with Crippen molar-refractivity contribution in [2.24, 2.45) is 5.92 Å². The van der Waals surface area contributed by atoms with Crippen molar-refractivity contribution in [3.05, 3.63) is 94.5 Å². The second kappa shape index (κ2) is 14.1. The molecule has 1 unspecified atom stereocenters. The lowest BCUT2D eigenvalue weighted by atomic mass is 9.90. The van der Waals surface area contributed by atoms with Gasteiger partial charge in [-0.05, 0) is 54.7 Å². The van der Waals surface area contributed by atoms with E-state index in [-0.39, 0.29) is 44.1 Å². The van der Waals surface area contributed by atoms with Gasteiger partial charge in [0.15, 0.2) is 5.78 Å². The molecule has 0 saturated carbocycles. The number of aryl methyl sites for hydroxylation is 1. The molecule has 2 N–H and O–H groups in total. The van der Waals surface area contributed by atoms with Crippen LogP contribution in [0.3, 0.4) is 0 Å². The van der Waals surface area contributed by atoms with Crippen LogP contribution in [0.5, 0.6) is 0 Å². The Kier molecular flexibility index (Phi) is 10.6. The lowest BCUT2D eigenvalue weighted by Gasteiger charge is -2.14. The summed E-state index contributed by atoms with van der Waals surface area (Å²) in [5, 5.41) is 13.1. The maximum atomic E-state index is 12.9. The van der Waals surface area contributed by atoms with Gasteiger partial charge in [0.05, 0.1) is 18.9 Å². The highest BCUT2D eigenvalue weighted by Crippen LogP contribution is 2.24. The summed E-state index contributed by atoms with van der Waals surface area (Å²) in [6.07, 6.45) is 0.410. The van der Waals surface area contributed by atoms with E-state index in [0.29, 0.717) is 28.1 Å². The smallest absolute Gasteiger partial charge is 0.307 e. The summed E-state index contributed by atoms with van der Waals surface area (Å²) in [5.41, 5.74) is 3.40. The van der Waals surface area contributed by atoms with Crippen molar-refractivity contribution < 1.29 is 29.0 Å². The van der Waals surface area contributed by atoms with E-state index >= 15 is 0 Å². The van der Waals surface area contributed by atoms with E-state index in [4.69, 9.17) is 16.3 Å². The molecule has 8 heteroatoms. The molecule has 38 heavy (non-hydrogen) atoms. The summed E-state index contributed by atoms with van der Waals surface area (Å²) < 4.78 is 4.86. The van der Waals surface area contributed by atoms with Crippen molar-refractivity contribution >= 4 is 35.2 Å². The fourth-order valence-corrected chi connectivity index (χ4v) is 4.17. The van der Waals surface area contributed by atoms with Crippen LogP contribution in [0, 0.1) is 5.92 Å². The zero-order chi connectivity index (χ0) is 27.5. The molecule has 198 valence electrons. The van der Waals surface area contributed by atoms with Crippen LogP contribution in [0.15, 0.2) is 72.8 Å². The minimum atomic E-state index is -1.06. The number of benzene rings is 3. The number of rotatable bonds is 13. The van der Waals surface area contributed by atoms with Gasteiger partial charge < -0.3 is 15.2 Å². The first kappa shape index (κ1) is 28.6. The fraction of sp³-hybridized carbons (Fsp3) is 0.267. The van der Waals surface area contributed by atoms with E-state index in [9.17, 15) is 24.3 Å². The number of Topliss-reactive ketones (excluding diaryl/α,β-unsaturated/α-hetero) is 1. The number of halogens is 1. The molecule has 7 nitrogen and oxygen atoms in total. The quantitative estimate of drug-likeness (QED) is 0.218. The molecule has 0 saturated heterocycles. The van der Waals surface area contributed by atoms with E-state index in [1.165, 1.54) is 0 Å². The first-order chi connectivity index (χ1) is 18.3. The number of carboxylic acids is 1. The number of aliphatic carboxylic acids is 1. The summed E-state index contributed by atoms with van der Waals surface area (Å²) in [5.74, 6) is -2.97. The third kappa shape index (κ3) is 8.28. The molecule has 0 aromatic heterocycles. The number of ketones is 1. The first-order valence-corrected chi connectivity index (χ1v) is 12.8. The minimum absolute atomic E-state index is 0.0611. The van der Waals surface area contributed by atoms with Gasteiger partial charge in [0.2, 0.25) is 0 Å². The summed E-state index contributed by atoms with van der Waals surface area (Å²) in [4.78, 5) is 49.0. The zero-order valence-corrected chi connectivity index (χ0v) is 21.9. The Morgan fingerprint density at radius 2 is 1.55 bits per heavy atom. The molecule has 0 aliphatic rings. The Hall–Kier alpha value is -3.97. The molecular formula is C30H30ClNO6. The van der Waals surface area contributed by atoms with Crippen LogP contribution < -0.4 is 5.32 Å². The van der Waals surface area contributed by atoms with Gasteiger partial charge >= 0.3 is 11.9 Å². The van der Waals surface area contributed by atoms with Crippen LogP contribution in [0.1, 0.15) is 52.5 Å². The van der Waals surface area contributed by atoms with Crippen LogP contribution in [-0.2, 0) is 20.7 Å². The standard InChI is InChI=1S/C30H30ClNO6/c1-2-38-28(34)17-18-32-29(35)26-6-4-3-5-22(26)9-12-24(30(36)37)19-27(33)23-10-7-20(8-11-23)21-13-15-25(31)16-14-21/h3-8,10-11,13-16,24H,2,9,12,17-19H2,1H3,(H,32,35)(H,36,37). The van der Waals surface area contributed by atoms with Gasteiger partial charge in [0, 0.05) is 29.1 Å². The number of amides is 1. The Labute approximate surface area is 226 Å². The Bertz CT molecular complexity index is 1270. The number of nitrogens with one attached hydrogen (secondary N) is 1. The largest absolute Gasteiger partial charge is 0.481 e. The molecule has 3 aromatic carbocycles. The predicted molar refractivity (Wildman–Crippen MR) is 145 cm³/mol. The Balaban J connectivity index is 1.60. The van der Waals surface area contributed by atoms with Crippen molar-refractivity contribution in [2.45, 2.75) is 32.6 Å². The van der Waals surface area contributed by atoms with E-state index in [2.05, 4.69) is 5.32 Å². The number of carbonyl (C=O) groups is 4. The Morgan fingerprint density at radius 3 is 2.18 bits per heavy atom. The van der Waals surface area contributed by atoms with Gasteiger partial charge in [-0.25, -0.2) is 0 Å². The topological polar surface area (TPSA) is 110 Å². The molecule has 0 spiro atoms. The molecule has 0 bridgehead atoms. The van der Waals surface area contributed by atoms with Gasteiger partial charge in [-0.2, -0.15) is 0 Å². The molecule has 0 heterocycles. The average Bonchev–Trinajstić information content (AvgIpc) is 2.91. The predicted octanol–water partition coefficient (Wildman–Crippen LogP) is 5.60. The molecule has 0 aliphatic heterocycles. The second-order valence-electron chi connectivity index (χ2n) is 8.75. The number of hydrogen-bond donors (Lipinski definition) is 2. The summed E-state index contributed by atoms with van der Waals surface area (Å²) in [6, 6.07) is 21.3. The molecule has 0 fully saturated rings. The monoisotopic (exact) mass is 535 g/mol. The highest BCUT2D eigenvalue weighted by Gasteiger charge is 2.23. The molecule has 0 aliphatic carbocycles. The SMILES string of the molecule is CCOC(=O)CCNC(=O)c1ccccc1CCC(CC(=O)c1ccc(-c2ccc(Cl)cc2)cc1)C(=O)O. The number of esters is 1. The molecular weight excluding hydrogens is 506 g/mol. The van der Waals surface area contributed by atoms with Crippen LogP contribution in [0.4, 0.5) is 0 Å². The first-order valence-electron chi connectivity index (χ1n) is 12.4. The number of hydrogen-bond acceptors (Lipinski definition) is 5. The molecule has 3 aromatic rings. The van der Waals surface area contributed by atoms with Crippen molar-refractivity contribution in [1.29, 1.82) is 0 Å². The van der Waals surface area contributed by atoms with E-state index in [0.717, 1.165) is 11.1 Å². The molecule has 3 rings (SSSR count). The third-order valence-corrected chi connectivity index (χ3v) is 6.36. The van der Waals surface area contributed by atoms with Crippen molar-refractivity contribution in [1.82, 2.24) is 5.32 Å². The van der Waals surface area contributed by atoms with Gasteiger partial charge in [0.1, 0.15) is 0 Å². The molecule has 1 amide bonds. The van der Waals surface area contributed by atoms with Gasteiger partial charge in [-0.15, -0.1) is 0 Å². The molecule has 0 radical (unpaired) electrons. The lowest BCUT2D eigenvalue weighted by Crippen LogP contribution is -2.27. The third-order valence-electron chi connectivity index (χ3n) is 6.11. The van der Waals surface area contributed by atoms with Crippen LogP contribution in [0.2, 0.25) is 5.02 Å². The van der Waals surface area contributed by atoms with Gasteiger partial charge in [-0.3, -0.25) is 19.2 Å². The maximum absolute atomic E-state index is 12.9. The lowest BCUT2D eigenvalue weighted by molar-refractivity contribution is -0.143. The highest BCUT2D eigenvalue weighted by molar-refractivity contribution is 6.30. The molecule has 1 atom stereocenters. The van der Waals surface area contributed by atoms with Gasteiger partial charge in [-0.1, -0.05) is 66.2 Å². The van der Waals surface area contributed by atoms with Crippen LogP contribution in [0.25, 0.3) is 11.1 Å². The Morgan fingerprint density at radius 1 is 0.921 bits per heavy atom. The maximum Gasteiger partial charge on any atom is 0.307 e. The number of carboxylic acid groups (broad SMARTS) is 1. The van der Waals surface area contributed by atoms with Crippen molar-refractivity contribution in [3.8, 4) is 11.1 Å². The fourth-order valence-electron chi connectivity index (χ4n) is 4.04. The normalized spacial score (nSPS) is 11.4. The van der Waals surface area contributed by atoms with E-state index < -0.39 is 17.9 Å². The summed E-state index contributed by atoms with van der Waals surface area (Å²) in [7, 11) is 0. The van der Waals surface area contributed by atoms with Crippen molar-refractivity contribution in [2.75, 3.05) is 13.2 Å².